The van der Waals surface area contributed by atoms with Gasteiger partial charge in [0.15, 0.2) is 11.9 Å². The summed E-state index contributed by atoms with van der Waals surface area (Å²) < 4.78 is 5.55. The Balaban J connectivity index is 1.76. The van der Waals surface area contributed by atoms with Gasteiger partial charge in [-0.3, -0.25) is 9.59 Å². The minimum Gasteiger partial charge on any atom is -0.453 e. The Labute approximate surface area is 184 Å². The number of carbonyl (C=O) groups is 2. The molecule has 2 unspecified atom stereocenters. The average molecular weight is 442 g/mol. The summed E-state index contributed by atoms with van der Waals surface area (Å²) in [5.74, 6) is -0.621. The average Bonchev–Trinajstić information content (AvgIpc) is 2.73. The lowest BCUT2D eigenvalue weighted by Gasteiger charge is -2.22. The molecule has 162 valence electrons. The Kier molecular flexibility index (Phi) is 7.07. The number of nitrogens with one attached hydrogen (secondary N) is 2. The molecular weight excluding hydrogens is 418 g/mol. The van der Waals surface area contributed by atoms with Crippen LogP contribution in [0, 0.1) is 5.92 Å². The zero-order valence-electron chi connectivity index (χ0n) is 17.5. The van der Waals surface area contributed by atoms with Gasteiger partial charge in [-0.05, 0) is 55.7 Å². The summed E-state index contributed by atoms with van der Waals surface area (Å²) >= 11 is 5.87. The number of esters is 1. The van der Waals surface area contributed by atoms with Gasteiger partial charge in [-0.2, -0.15) is 0 Å². The van der Waals surface area contributed by atoms with Crippen molar-refractivity contribution in [3.8, 4) is 0 Å². The van der Waals surface area contributed by atoms with Gasteiger partial charge in [0, 0.05) is 10.6 Å². The number of hydrogen-bond acceptors (Lipinski definition) is 5. The topological polar surface area (TPSA) is 101 Å². The van der Waals surface area contributed by atoms with E-state index < -0.39 is 24.0 Å². The predicted octanol–water partition coefficient (Wildman–Crippen LogP) is 4.03. The van der Waals surface area contributed by atoms with Crippen LogP contribution in [0.5, 0.6) is 0 Å². The van der Waals surface area contributed by atoms with E-state index in [1.807, 2.05) is 13.8 Å². The molecule has 7 nitrogen and oxygen atoms in total. The van der Waals surface area contributed by atoms with E-state index in [0.717, 1.165) is 0 Å². The Bertz CT molecular complexity index is 1140. The second kappa shape index (κ2) is 9.75. The fraction of sp³-hybridized carbons (Fsp3) is 0.304. The van der Waals surface area contributed by atoms with Crippen molar-refractivity contribution in [1.29, 1.82) is 0 Å². The molecule has 3 rings (SSSR count). The molecule has 0 radical (unpaired) electrons. The first-order chi connectivity index (χ1) is 14.7. The van der Waals surface area contributed by atoms with Crippen LogP contribution in [-0.4, -0.2) is 27.9 Å². The van der Waals surface area contributed by atoms with Crippen LogP contribution in [0.2, 0.25) is 5.02 Å². The molecule has 0 spiro atoms. The number of fused-ring (bicyclic) bond motifs is 1. The van der Waals surface area contributed by atoms with Gasteiger partial charge in [-0.15, -0.1) is 0 Å². The summed E-state index contributed by atoms with van der Waals surface area (Å²) in [6.45, 7) is 5.51. The lowest BCUT2D eigenvalue weighted by molar-refractivity contribution is -0.151. The molecule has 8 heteroatoms. The molecule has 0 aliphatic rings. The molecule has 31 heavy (non-hydrogen) atoms. The summed E-state index contributed by atoms with van der Waals surface area (Å²) in [6, 6.07) is 12.5. The standard InChI is InChI=1S/C23H24ClN3O4/c1-13(2)12-19(26-21(28)15-8-10-16(24)11-9-15)23(30)31-14(3)20-25-18-7-5-4-6-17(18)22(29)27-20/h4-11,13-14,19H,12H2,1-3H3,(H,26,28)(H,25,27,29). The summed E-state index contributed by atoms with van der Waals surface area (Å²) in [7, 11) is 0. The van der Waals surface area contributed by atoms with Crippen molar-refractivity contribution in [1.82, 2.24) is 15.3 Å². The number of benzene rings is 2. The van der Waals surface area contributed by atoms with Crippen LogP contribution in [-0.2, 0) is 9.53 Å². The van der Waals surface area contributed by atoms with E-state index in [1.165, 1.54) is 0 Å². The first kappa shape index (κ1) is 22.5. The van der Waals surface area contributed by atoms with Gasteiger partial charge in [0.25, 0.3) is 11.5 Å². The molecule has 0 saturated carbocycles. The van der Waals surface area contributed by atoms with Crippen LogP contribution in [0.25, 0.3) is 10.9 Å². The highest BCUT2D eigenvalue weighted by Crippen LogP contribution is 2.17. The lowest BCUT2D eigenvalue weighted by Crippen LogP contribution is -2.43. The molecule has 2 N–H and O–H groups in total. The first-order valence-electron chi connectivity index (χ1n) is 10.0. The van der Waals surface area contributed by atoms with E-state index in [1.54, 1.807) is 55.5 Å². The highest BCUT2D eigenvalue weighted by molar-refractivity contribution is 6.30. The number of ether oxygens (including phenoxy) is 1. The van der Waals surface area contributed by atoms with E-state index in [4.69, 9.17) is 16.3 Å². The first-order valence-corrected chi connectivity index (χ1v) is 10.4. The number of carbonyl (C=O) groups excluding carboxylic acids is 2. The number of hydrogen-bond donors (Lipinski definition) is 2. The van der Waals surface area contributed by atoms with Crippen molar-refractivity contribution in [2.45, 2.75) is 39.3 Å². The normalized spacial score (nSPS) is 13.1. The fourth-order valence-electron chi connectivity index (χ4n) is 3.14. The van der Waals surface area contributed by atoms with Crippen LogP contribution < -0.4 is 10.9 Å². The molecular formula is C23H24ClN3O4. The number of halogens is 1. The molecule has 0 aliphatic carbocycles. The maximum Gasteiger partial charge on any atom is 0.329 e. The number of H-pyrrole nitrogens is 1. The second-order valence-corrected chi connectivity index (χ2v) is 8.15. The third kappa shape index (κ3) is 5.70. The monoisotopic (exact) mass is 441 g/mol. The highest BCUT2D eigenvalue weighted by atomic mass is 35.5. The maximum atomic E-state index is 12.9. The molecule has 1 aromatic heterocycles. The van der Waals surface area contributed by atoms with Gasteiger partial charge in [-0.25, -0.2) is 9.78 Å². The molecule has 2 aromatic carbocycles. The Morgan fingerprint density at radius 2 is 1.77 bits per heavy atom. The van der Waals surface area contributed by atoms with Gasteiger partial charge in [0.05, 0.1) is 10.9 Å². The largest absolute Gasteiger partial charge is 0.453 e. The highest BCUT2D eigenvalue weighted by Gasteiger charge is 2.26. The molecule has 1 heterocycles. The zero-order chi connectivity index (χ0) is 22.5. The number of aromatic amines is 1. The third-order valence-electron chi connectivity index (χ3n) is 4.71. The maximum absolute atomic E-state index is 12.9. The predicted molar refractivity (Wildman–Crippen MR) is 119 cm³/mol. The smallest absolute Gasteiger partial charge is 0.329 e. The molecule has 0 fully saturated rings. The number of nitrogens with zero attached hydrogens (tertiary/aromatic N) is 1. The fourth-order valence-corrected chi connectivity index (χ4v) is 3.26. The summed E-state index contributed by atoms with van der Waals surface area (Å²) in [6.07, 6.45) is -0.404. The van der Waals surface area contributed by atoms with Crippen molar-refractivity contribution >= 4 is 34.4 Å². The number of aromatic nitrogens is 2. The number of para-hydroxylation sites is 1. The molecule has 0 bridgehead atoms. The van der Waals surface area contributed by atoms with Crippen molar-refractivity contribution in [3.63, 3.8) is 0 Å². The third-order valence-corrected chi connectivity index (χ3v) is 4.96. The number of amides is 1. The summed E-state index contributed by atoms with van der Waals surface area (Å²) in [5.41, 5.74) is 0.594. The van der Waals surface area contributed by atoms with E-state index >= 15 is 0 Å². The van der Waals surface area contributed by atoms with Gasteiger partial charge >= 0.3 is 5.97 Å². The molecule has 0 saturated heterocycles. The van der Waals surface area contributed by atoms with Crippen molar-refractivity contribution in [3.05, 3.63) is 75.3 Å². The van der Waals surface area contributed by atoms with Crippen molar-refractivity contribution in [2.24, 2.45) is 5.92 Å². The van der Waals surface area contributed by atoms with E-state index in [0.29, 0.717) is 27.9 Å². The molecule has 2 atom stereocenters. The Morgan fingerprint density at radius 3 is 2.45 bits per heavy atom. The van der Waals surface area contributed by atoms with Crippen molar-refractivity contribution < 1.29 is 14.3 Å². The van der Waals surface area contributed by atoms with Crippen molar-refractivity contribution in [2.75, 3.05) is 0 Å². The van der Waals surface area contributed by atoms with Crippen LogP contribution in [0.3, 0.4) is 0 Å². The zero-order valence-corrected chi connectivity index (χ0v) is 18.3. The van der Waals surface area contributed by atoms with Crippen LogP contribution in [0.1, 0.15) is 49.5 Å². The van der Waals surface area contributed by atoms with Crippen LogP contribution in [0.4, 0.5) is 0 Å². The minimum atomic E-state index is -0.849. The lowest BCUT2D eigenvalue weighted by atomic mass is 10.0. The Morgan fingerprint density at radius 1 is 1.10 bits per heavy atom. The van der Waals surface area contributed by atoms with Crippen LogP contribution in [0.15, 0.2) is 53.3 Å². The Hall–Kier alpha value is -3.19. The van der Waals surface area contributed by atoms with E-state index in [2.05, 4.69) is 15.3 Å². The number of rotatable bonds is 7. The van der Waals surface area contributed by atoms with Crippen LogP contribution >= 0.6 is 11.6 Å². The summed E-state index contributed by atoms with van der Waals surface area (Å²) in [4.78, 5) is 44.8. The SMILES string of the molecule is CC(C)CC(NC(=O)c1ccc(Cl)cc1)C(=O)OC(C)c1nc2ccccc2c(=O)[nH]1. The van der Waals surface area contributed by atoms with E-state index in [-0.39, 0.29) is 17.3 Å². The molecule has 0 aliphatic heterocycles. The van der Waals surface area contributed by atoms with Gasteiger partial charge in [0.2, 0.25) is 0 Å². The minimum absolute atomic E-state index is 0.136. The van der Waals surface area contributed by atoms with E-state index in [9.17, 15) is 14.4 Å². The quantitative estimate of drug-likeness (QED) is 0.539. The molecule has 3 aromatic rings. The van der Waals surface area contributed by atoms with Gasteiger partial charge < -0.3 is 15.0 Å². The second-order valence-electron chi connectivity index (χ2n) is 7.71. The molecule has 1 amide bonds. The summed E-state index contributed by atoms with van der Waals surface area (Å²) in [5, 5.41) is 3.70. The van der Waals surface area contributed by atoms with Gasteiger partial charge in [-0.1, -0.05) is 37.6 Å². The van der Waals surface area contributed by atoms with Gasteiger partial charge in [0.1, 0.15) is 6.04 Å².